The zero-order valence-corrected chi connectivity index (χ0v) is 16.1. The summed E-state index contributed by atoms with van der Waals surface area (Å²) in [6, 6.07) is 12.9. The van der Waals surface area contributed by atoms with Crippen molar-refractivity contribution in [3.05, 3.63) is 59.2 Å². The van der Waals surface area contributed by atoms with Gasteiger partial charge in [-0.15, -0.1) is 10.2 Å². The van der Waals surface area contributed by atoms with Gasteiger partial charge in [0.15, 0.2) is 5.78 Å². The molecule has 3 aromatic rings. The summed E-state index contributed by atoms with van der Waals surface area (Å²) in [5.74, 6) is 0.489. The van der Waals surface area contributed by atoms with Crippen LogP contribution in [0, 0.1) is 13.8 Å². The second-order valence-electron chi connectivity index (χ2n) is 6.16. The SMILES string of the molecule is CC(=O)Nc1ccc(-c2nnc(SCC(=O)c3ccc(C)cc3C)o2)cc1. The summed E-state index contributed by atoms with van der Waals surface area (Å²) in [6.07, 6.45) is 0. The van der Waals surface area contributed by atoms with E-state index in [9.17, 15) is 9.59 Å². The first-order chi connectivity index (χ1) is 12.9. The van der Waals surface area contributed by atoms with E-state index in [4.69, 9.17) is 4.42 Å². The highest BCUT2D eigenvalue weighted by Gasteiger charge is 2.14. The van der Waals surface area contributed by atoms with Crippen LogP contribution in [0.25, 0.3) is 11.5 Å². The number of thioether (sulfide) groups is 1. The second-order valence-corrected chi connectivity index (χ2v) is 7.09. The molecule has 0 saturated carbocycles. The molecule has 0 radical (unpaired) electrons. The topological polar surface area (TPSA) is 85.1 Å². The molecule has 0 bridgehead atoms. The lowest BCUT2D eigenvalue weighted by Gasteiger charge is -2.04. The summed E-state index contributed by atoms with van der Waals surface area (Å²) in [5.41, 5.74) is 4.24. The van der Waals surface area contributed by atoms with E-state index in [1.807, 2.05) is 32.0 Å². The molecule has 0 fully saturated rings. The maximum absolute atomic E-state index is 12.4. The summed E-state index contributed by atoms with van der Waals surface area (Å²) < 4.78 is 5.63. The van der Waals surface area contributed by atoms with Crippen molar-refractivity contribution in [3.8, 4) is 11.5 Å². The highest BCUT2D eigenvalue weighted by molar-refractivity contribution is 7.99. The molecule has 0 aliphatic carbocycles. The molecule has 0 unspecified atom stereocenters. The molecule has 0 aliphatic heterocycles. The van der Waals surface area contributed by atoms with Crippen molar-refractivity contribution < 1.29 is 14.0 Å². The Kier molecular flexibility index (Phi) is 5.71. The third-order valence-electron chi connectivity index (χ3n) is 3.87. The number of benzene rings is 2. The fraction of sp³-hybridized carbons (Fsp3) is 0.200. The number of carbonyl (C=O) groups is 2. The standard InChI is InChI=1S/C20H19N3O3S/c1-12-4-9-17(13(2)10-12)18(25)11-27-20-23-22-19(26-20)15-5-7-16(8-6-15)21-14(3)24/h4-10H,11H2,1-3H3,(H,21,24). The largest absolute Gasteiger partial charge is 0.411 e. The van der Waals surface area contributed by atoms with Crippen molar-refractivity contribution in [1.29, 1.82) is 0 Å². The minimum absolute atomic E-state index is 0.0249. The molecule has 138 valence electrons. The molecule has 2 aromatic carbocycles. The van der Waals surface area contributed by atoms with Crippen LogP contribution in [0.2, 0.25) is 0 Å². The number of aryl methyl sites for hydroxylation is 2. The molecule has 1 N–H and O–H groups in total. The van der Waals surface area contributed by atoms with Gasteiger partial charge in [-0.2, -0.15) is 0 Å². The van der Waals surface area contributed by atoms with E-state index in [-0.39, 0.29) is 17.4 Å². The van der Waals surface area contributed by atoms with E-state index in [0.717, 1.165) is 16.7 Å². The zero-order valence-electron chi connectivity index (χ0n) is 15.3. The zero-order chi connectivity index (χ0) is 19.4. The average Bonchev–Trinajstić information content (AvgIpc) is 3.09. The molecular weight excluding hydrogens is 362 g/mol. The average molecular weight is 381 g/mol. The third kappa shape index (κ3) is 4.83. The molecule has 1 amide bonds. The van der Waals surface area contributed by atoms with Gasteiger partial charge in [-0.05, 0) is 43.7 Å². The summed E-state index contributed by atoms with van der Waals surface area (Å²) in [4.78, 5) is 23.5. The van der Waals surface area contributed by atoms with Crippen LogP contribution in [0.5, 0.6) is 0 Å². The van der Waals surface area contributed by atoms with Gasteiger partial charge in [0.05, 0.1) is 5.75 Å². The van der Waals surface area contributed by atoms with Crippen LogP contribution >= 0.6 is 11.8 Å². The van der Waals surface area contributed by atoms with Crippen LogP contribution in [0.15, 0.2) is 52.1 Å². The quantitative estimate of drug-likeness (QED) is 0.506. The van der Waals surface area contributed by atoms with Crippen LogP contribution < -0.4 is 5.32 Å². The van der Waals surface area contributed by atoms with Gasteiger partial charge in [0, 0.05) is 23.7 Å². The van der Waals surface area contributed by atoms with Gasteiger partial charge >= 0.3 is 0 Å². The lowest BCUT2D eigenvalue weighted by Crippen LogP contribution is -2.05. The summed E-state index contributed by atoms with van der Waals surface area (Å²) in [6.45, 7) is 5.38. The second kappa shape index (κ2) is 8.18. The molecule has 0 spiro atoms. The molecule has 6 nitrogen and oxygen atoms in total. The number of rotatable bonds is 6. The molecule has 0 aliphatic rings. The van der Waals surface area contributed by atoms with E-state index in [1.165, 1.54) is 18.7 Å². The minimum Gasteiger partial charge on any atom is -0.411 e. The molecule has 0 atom stereocenters. The lowest BCUT2D eigenvalue weighted by molar-refractivity contribution is -0.114. The Hall–Kier alpha value is -2.93. The summed E-state index contributed by atoms with van der Waals surface area (Å²) >= 11 is 1.22. The highest BCUT2D eigenvalue weighted by atomic mass is 32.2. The molecule has 0 saturated heterocycles. The Bertz CT molecular complexity index is 980. The summed E-state index contributed by atoms with van der Waals surface area (Å²) in [5, 5.41) is 11.1. The van der Waals surface area contributed by atoms with Crippen LogP contribution in [-0.4, -0.2) is 27.6 Å². The van der Waals surface area contributed by atoms with Gasteiger partial charge in [0.2, 0.25) is 11.8 Å². The number of nitrogens with one attached hydrogen (secondary N) is 1. The van der Waals surface area contributed by atoms with Crippen LogP contribution in [0.1, 0.15) is 28.4 Å². The van der Waals surface area contributed by atoms with Crippen LogP contribution in [0.4, 0.5) is 5.69 Å². The van der Waals surface area contributed by atoms with E-state index in [2.05, 4.69) is 15.5 Å². The van der Waals surface area contributed by atoms with Gasteiger partial charge in [-0.25, -0.2) is 0 Å². The number of nitrogens with zero attached hydrogens (tertiary/aromatic N) is 2. The lowest BCUT2D eigenvalue weighted by atomic mass is 10.0. The highest BCUT2D eigenvalue weighted by Crippen LogP contribution is 2.25. The third-order valence-corrected chi connectivity index (χ3v) is 4.69. The maximum Gasteiger partial charge on any atom is 0.277 e. The smallest absolute Gasteiger partial charge is 0.277 e. The fourth-order valence-electron chi connectivity index (χ4n) is 2.62. The monoisotopic (exact) mass is 381 g/mol. The van der Waals surface area contributed by atoms with Gasteiger partial charge in [0.25, 0.3) is 5.22 Å². The van der Waals surface area contributed by atoms with Crippen molar-refractivity contribution in [2.75, 3.05) is 11.1 Å². The first-order valence-corrected chi connectivity index (χ1v) is 9.36. The number of aromatic nitrogens is 2. The first kappa shape index (κ1) is 18.8. The van der Waals surface area contributed by atoms with Crippen molar-refractivity contribution >= 4 is 29.1 Å². The predicted octanol–water partition coefficient (Wildman–Crippen LogP) is 4.29. The van der Waals surface area contributed by atoms with E-state index in [1.54, 1.807) is 24.3 Å². The number of hydrogen-bond acceptors (Lipinski definition) is 6. The molecule has 1 heterocycles. The van der Waals surface area contributed by atoms with E-state index < -0.39 is 0 Å². The molecule has 27 heavy (non-hydrogen) atoms. The molecule has 7 heteroatoms. The first-order valence-electron chi connectivity index (χ1n) is 8.37. The van der Waals surface area contributed by atoms with Crippen molar-refractivity contribution in [2.24, 2.45) is 0 Å². The Labute approximate surface area is 161 Å². The number of ketones is 1. The van der Waals surface area contributed by atoms with Crippen LogP contribution in [0.3, 0.4) is 0 Å². The molecular formula is C20H19N3O3S. The number of carbonyl (C=O) groups excluding carboxylic acids is 2. The molecule has 3 rings (SSSR count). The minimum atomic E-state index is -0.132. The van der Waals surface area contributed by atoms with E-state index in [0.29, 0.717) is 22.4 Å². The van der Waals surface area contributed by atoms with Crippen molar-refractivity contribution in [2.45, 2.75) is 26.0 Å². The van der Waals surface area contributed by atoms with Gasteiger partial charge in [0.1, 0.15) is 0 Å². The summed E-state index contributed by atoms with van der Waals surface area (Å²) in [7, 11) is 0. The number of hydrogen-bond donors (Lipinski definition) is 1. The number of Topliss-reactive ketones (excluding diaryl/α,β-unsaturated/α-hetero) is 1. The van der Waals surface area contributed by atoms with E-state index >= 15 is 0 Å². The number of anilines is 1. The van der Waals surface area contributed by atoms with Gasteiger partial charge in [-0.1, -0.05) is 35.5 Å². The Balaban J connectivity index is 1.64. The Morgan fingerprint density at radius 3 is 2.48 bits per heavy atom. The van der Waals surface area contributed by atoms with Crippen molar-refractivity contribution in [3.63, 3.8) is 0 Å². The molecule has 1 aromatic heterocycles. The normalized spacial score (nSPS) is 10.6. The predicted molar refractivity (Wildman–Crippen MR) is 105 cm³/mol. The van der Waals surface area contributed by atoms with Crippen LogP contribution in [-0.2, 0) is 4.79 Å². The Morgan fingerprint density at radius 1 is 1.07 bits per heavy atom. The fourth-order valence-corrected chi connectivity index (χ4v) is 3.26. The van der Waals surface area contributed by atoms with Crippen molar-refractivity contribution in [1.82, 2.24) is 10.2 Å². The maximum atomic E-state index is 12.4. The Morgan fingerprint density at radius 2 is 1.81 bits per heavy atom. The van der Waals surface area contributed by atoms with Gasteiger partial charge in [-0.3, -0.25) is 9.59 Å². The number of amides is 1. The van der Waals surface area contributed by atoms with Gasteiger partial charge < -0.3 is 9.73 Å².